The summed E-state index contributed by atoms with van der Waals surface area (Å²) >= 11 is 5.85. The van der Waals surface area contributed by atoms with Crippen molar-refractivity contribution >= 4 is 59.8 Å². The number of hydrogen-bond acceptors (Lipinski definition) is 5. The van der Waals surface area contributed by atoms with Gasteiger partial charge in [-0.15, -0.1) is 0 Å². The third kappa shape index (κ3) is 7.90. The van der Waals surface area contributed by atoms with Crippen LogP contribution in [0.25, 0.3) is 0 Å². The normalized spacial score (nSPS) is 10.7. The van der Waals surface area contributed by atoms with Gasteiger partial charge in [-0.1, -0.05) is 42.5 Å². The number of anilines is 3. The highest BCUT2D eigenvalue weighted by molar-refractivity contribution is 6.33. The molecule has 3 aromatic rings. The summed E-state index contributed by atoms with van der Waals surface area (Å²) in [5, 5.41) is 5.87. The lowest BCUT2D eigenvalue weighted by atomic mass is 9.93. The zero-order chi connectivity index (χ0) is 26.9. The van der Waals surface area contributed by atoms with Crippen molar-refractivity contribution in [1.29, 1.82) is 0 Å². The molecule has 3 amide bonds. The molecule has 0 saturated heterocycles. The summed E-state index contributed by atoms with van der Waals surface area (Å²) in [5.74, 6) is -0.636. The van der Waals surface area contributed by atoms with Gasteiger partial charge in [0.15, 0.2) is 0 Å². The number of hydrogen-bond donors (Lipinski definition) is 2. The molecule has 0 aliphatic carbocycles. The molecule has 1 aromatic heterocycles. The fourth-order valence-electron chi connectivity index (χ4n) is 3.51. The van der Waals surface area contributed by atoms with Gasteiger partial charge in [0, 0.05) is 24.5 Å². The molecule has 190 valence electrons. The van der Waals surface area contributed by atoms with Crippen LogP contribution in [0, 0.1) is 0 Å². The lowest BCUT2D eigenvalue weighted by Crippen LogP contribution is -2.37. The van der Waals surface area contributed by atoms with Crippen LogP contribution >= 0.6 is 11.6 Å². The molecule has 0 fully saturated rings. The van der Waals surface area contributed by atoms with Crippen LogP contribution < -0.4 is 21.0 Å². The topological polar surface area (TPSA) is 94.6 Å². The van der Waals surface area contributed by atoms with Gasteiger partial charge in [-0.25, -0.2) is 4.98 Å². The Balaban J connectivity index is 1.69. The predicted molar refractivity (Wildman–Crippen MR) is 149 cm³/mol. The van der Waals surface area contributed by atoms with Crippen molar-refractivity contribution in [1.82, 2.24) is 9.88 Å². The van der Waals surface area contributed by atoms with Gasteiger partial charge in [0.1, 0.15) is 13.7 Å². The van der Waals surface area contributed by atoms with Crippen LogP contribution in [0.2, 0.25) is 5.02 Å². The Hall–Kier alpha value is -3.69. The van der Waals surface area contributed by atoms with Crippen molar-refractivity contribution in [2.24, 2.45) is 0 Å². The molecule has 0 unspecified atom stereocenters. The van der Waals surface area contributed by atoms with Gasteiger partial charge in [-0.2, -0.15) is 0 Å². The second-order valence-electron chi connectivity index (χ2n) is 8.67. The molecule has 1 heterocycles. The van der Waals surface area contributed by atoms with E-state index in [1.165, 1.54) is 12.3 Å². The molecular formula is C27H29BClN5O3. The molecule has 2 radical (unpaired) electrons. The minimum Gasteiger partial charge on any atom is -0.321 e. The first-order chi connectivity index (χ1) is 17.7. The van der Waals surface area contributed by atoms with Crippen molar-refractivity contribution < 1.29 is 14.4 Å². The SMILES string of the molecule is [B]c1ccc(NC(=O)c2ccc(N(C)C(=O)CN(C)CCCC)cc2)c(C(=O)Nc2ccc(Cl)cn2)c1. The van der Waals surface area contributed by atoms with Crippen molar-refractivity contribution in [3.63, 3.8) is 0 Å². The lowest BCUT2D eigenvalue weighted by Gasteiger charge is -2.22. The van der Waals surface area contributed by atoms with E-state index in [0.29, 0.717) is 34.1 Å². The third-order valence-corrected chi connectivity index (χ3v) is 5.92. The van der Waals surface area contributed by atoms with E-state index < -0.39 is 11.8 Å². The van der Waals surface area contributed by atoms with E-state index in [0.717, 1.165) is 19.4 Å². The molecule has 0 spiro atoms. The van der Waals surface area contributed by atoms with Gasteiger partial charge in [0.2, 0.25) is 5.91 Å². The van der Waals surface area contributed by atoms with Crippen molar-refractivity contribution in [2.75, 3.05) is 42.7 Å². The Bertz CT molecular complexity index is 1250. The maximum absolute atomic E-state index is 12.9. The van der Waals surface area contributed by atoms with E-state index in [1.807, 2.05) is 11.9 Å². The molecule has 2 aromatic carbocycles. The summed E-state index contributed by atoms with van der Waals surface area (Å²) in [6.45, 7) is 3.28. The molecule has 0 bridgehead atoms. The van der Waals surface area contributed by atoms with Crippen LogP contribution in [0.5, 0.6) is 0 Å². The van der Waals surface area contributed by atoms with Gasteiger partial charge in [0.05, 0.1) is 22.8 Å². The Morgan fingerprint density at radius 3 is 2.35 bits per heavy atom. The van der Waals surface area contributed by atoms with Gasteiger partial charge in [-0.05, 0) is 62.5 Å². The van der Waals surface area contributed by atoms with Crippen LogP contribution in [-0.4, -0.2) is 62.6 Å². The number of rotatable bonds is 10. The largest absolute Gasteiger partial charge is 0.321 e. The molecular weight excluding hydrogens is 489 g/mol. The van der Waals surface area contributed by atoms with E-state index in [1.54, 1.807) is 60.5 Å². The fourth-order valence-corrected chi connectivity index (χ4v) is 3.62. The number of nitrogens with zero attached hydrogens (tertiary/aromatic N) is 3. The summed E-state index contributed by atoms with van der Waals surface area (Å²) in [6.07, 6.45) is 3.52. The highest BCUT2D eigenvalue weighted by Crippen LogP contribution is 2.19. The standard InChI is InChI=1S/C27H29BClN5O3/c1-4-5-14-33(2)17-25(35)34(3)21-10-6-18(7-11-21)26(36)31-23-12-8-19(28)15-22(23)27(37)32-24-13-9-20(29)16-30-24/h6-13,15-16H,4-5,14,17H2,1-3H3,(H,31,36)(H,30,32,37). The van der Waals surface area contributed by atoms with E-state index in [-0.39, 0.29) is 17.2 Å². The second kappa shape index (κ2) is 13.0. The quantitative estimate of drug-likeness (QED) is 0.400. The minimum absolute atomic E-state index is 0.0384. The number of aromatic nitrogens is 1. The van der Waals surface area contributed by atoms with Gasteiger partial charge in [0.25, 0.3) is 11.8 Å². The maximum Gasteiger partial charge on any atom is 0.258 e. The monoisotopic (exact) mass is 517 g/mol. The maximum atomic E-state index is 12.9. The van der Waals surface area contributed by atoms with Gasteiger partial charge in [-0.3, -0.25) is 19.3 Å². The Morgan fingerprint density at radius 1 is 0.973 bits per heavy atom. The number of benzene rings is 2. The minimum atomic E-state index is -0.489. The van der Waals surface area contributed by atoms with Crippen LogP contribution in [-0.2, 0) is 4.79 Å². The van der Waals surface area contributed by atoms with Gasteiger partial charge >= 0.3 is 0 Å². The average Bonchev–Trinajstić information content (AvgIpc) is 2.89. The molecule has 37 heavy (non-hydrogen) atoms. The van der Waals surface area contributed by atoms with E-state index in [9.17, 15) is 14.4 Å². The summed E-state index contributed by atoms with van der Waals surface area (Å²) in [6, 6.07) is 14.5. The molecule has 0 atom stereocenters. The summed E-state index contributed by atoms with van der Waals surface area (Å²) in [5.41, 5.74) is 1.88. The summed E-state index contributed by atoms with van der Waals surface area (Å²) in [7, 11) is 9.51. The van der Waals surface area contributed by atoms with Crippen LogP contribution in [0.3, 0.4) is 0 Å². The molecule has 8 nitrogen and oxygen atoms in total. The van der Waals surface area contributed by atoms with Crippen molar-refractivity contribution in [3.05, 3.63) is 76.9 Å². The number of nitrogens with one attached hydrogen (secondary N) is 2. The van der Waals surface area contributed by atoms with Crippen molar-refractivity contribution in [3.8, 4) is 0 Å². The highest BCUT2D eigenvalue weighted by Gasteiger charge is 2.17. The first-order valence-electron chi connectivity index (χ1n) is 11.9. The number of likely N-dealkylation sites (N-methyl/N-ethyl adjacent to an activating group) is 2. The van der Waals surface area contributed by atoms with Gasteiger partial charge < -0.3 is 15.5 Å². The number of unbranched alkanes of at least 4 members (excludes halogenated alkanes) is 1. The number of amides is 3. The van der Waals surface area contributed by atoms with E-state index >= 15 is 0 Å². The Labute approximate surface area is 223 Å². The number of halogens is 1. The summed E-state index contributed by atoms with van der Waals surface area (Å²) in [4.78, 5) is 46.0. The second-order valence-corrected chi connectivity index (χ2v) is 9.10. The number of pyridine rings is 1. The molecule has 0 aliphatic rings. The Morgan fingerprint density at radius 2 is 1.70 bits per heavy atom. The predicted octanol–water partition coefficient (Wildman–Crippen LogP) is 3.73. The lowest BCUT2D eigenvalue weighted by molar-refractivity contribution is -0.119. The van der Waals surface area contributed by atoms with Crippen LogP contribution in [0.15, 0.2) is 60.8 Å². The fraction of sp³-hybridized carbons (Fsp3) is 0.259. The first kappa shape index (κ1) is 27.9. The average molecular weight is 518 g/mol. The molecule has 2 N–H and O–H groups in total. The van der Waals surface area contributed by atoms with Crippen LogP contribution in [0.4, 0.5) is 17.2 Å². The molecule has 10 heteroatoms. The zero-order valence-electron chi connectivity index (χ0n) is 21.1. The van der Waals surface area contributed by atoms with E-state index in [2.05, 4.69) is 22.5 Å². The Kier molecular flexibility index (Phi) is 9.82. The first-order valence-corrected chi connectivity index (χ1v) is 12.2. The van der Waals surface area contributed by atoms with E-state index in [4.69, 9.17) is 19.4 Å². The highest BCUT2D eigenvalue weighted by atomic mass is 35.5. The molecule has 3 rings (SSSR count). The number of carbonyl (C=O) groups excluding carboxylic acids is 3. The zero-order valence-corrected chi connectivity index (χ0v) is 21.9. The summed E-state index contributed by atoms with van der Waals surface area (Å²) < 4.78 is 0. The van der Waals surface area contributed by atoms with Crippen LogP contribution in [0.1, 0.15) is 40.5 Å². The third-order valence-electron chi connectivity index (χ3n) is 5.69. The number of carbonyl (C=O) groups is 3. The molecule has 0 aliphatic heterocycles. The smallest absolute Gasteiger partial charge is 0.258 e. The van der Waals surface area contributed by atoms with Crippen molar-refractivity contribution in [2.45, 2.75) is 19.8 Å². The molecule has 0 saturated carbocycles.